The molecule has 2 atom stereocenters. The van der Waals surface area contributed by atoms with Crippen LogP contribution in [-0.4, -0.2) is 17.8 Å². The van der Waals surface area contributed by atoms with Gasteiger partial charge in [0.2, 0.25) is 0 Å². The lowest BCUT2D eigenvalue weighted by molar-refractivity contribution is 0.381. The number of hydrogen-bond donors (Lipinski definition) is 1. The number of rotatable bonds is 5. The van der Waals surface area contributed by atoms with Crippen LogP contribution in [0.4, 0.5) is 0 Å². The van der Waals surface area contributed by atoms with Gasteiger partial charge in [-0.3, -0.25) is 0 Å². The van der Waals surface area contributed by atoms with Crippen LogP contribution in [0.25, 0.3) is 0 Å². The summed E-state index contributed by atoms with van der Waals surface area (Å²) in [5.74, 6) is 0. The third kappa shape index (κ3) is 3.79. The van der Waals surface area contributed by atoms with Crippen LogP contribution in [0.2, 0.25) is 0 Å². The SMILES string of the molecule is CCCNC1CCCC(Sc2cccs2)C1. The van der Waals surface area contributed by atoms with Gasteiger partial charge in [0, 0.05) is 11.3 Å². The molecule has 0 aliphatic heterocycles. The Labute approximate surface area is 107 Å². The lowest BCUT2D eigenvalue weighted by Gasteiger charge is -2.29. The highest BCUT2D eigenvalue weighted by molar-refractivity contribution is 8.01. The van der Waals surface area contributed by atoms with Crippen molar-refractivity contribution in [1.29, 1.82) is 0 Å². The van der Waals surface area contributed by atoms with Gasteiger partial charge in [0.25, 0.3) is 0 Å². The summed E-state index contributed by atoms with van der Waals surface area (Å²) in [6.07, 6.45) is 6.76. The van der Waals surface area contributed by atoms with Gasteiger partial charge in [-0.15, -0.1) is 23.1 Å². The fourth-order valence-electron chi connectivity index (χ4n) is 2.28. The molecular weight excluding hydrogens is 234 g/mol. The van der Waals surface area contributed by atoms with Crippen LogP contribution < -0.4 is 5.32 Å². The van der Waals surface area contributed by atoms with E-state index in [1.54, 1.807) is 0 Å². The van der Waals surface area contributed by atoms with Crippen molar-refractivity contribution in [3.05, 3.63) is 17.5 Å². The summed E-state index contributed by atoms with van der Waals surface area (Å²) in [4.78, 5) is 0. The number of thioether (sulfide) groups is 1. The Kier molecular flexibility index (Phi) is 5.20. The van der Waals surface area contributed by atoms with Crippen molar-refractivity contribution in [2.75, 3.05) is 6.54 Å². The van der Waals surface area contributed by atoms with Crippen LogP contribution in [-0.2, 0) is 0 Å². The Hall–Kier alpha value is 0.01000. The van der Waals surface area contributed by atoms with Crippen LogP contribution in [0, 0.1) is 0 Å². The second kappa shape index (κ2) is 6.67. The predicted octanol–water partition coefficient (Wildman–Crippen LogP) is 4.15. The summed E-state index contributed by atoms with van der Waals surface area (Å²) in [5, 5.41) is 6.68. The molecule has 1 heterocycles. The monoisotopic (exact) mass is 255 g/mol. The second-order valence-corrected chi connectivity index (χ2v) is 7.04. The van der Waals surface area contributed by atoms with Gasteiger partial charge in [0.05, 0.1) is 4.21 Å². The van der Waals surface area contributed by atoms with Gasteiger partial charge >= 0.3 is 0 Å². The van der Waals surface area contributed by atoms with Crippen LogP contribution in [0.15, 0.2) is 21.7 Å². The van der Waals surface area contributed by atoms with Crippen LogP contribution >= 0.6 is 23.1 Å². The summed E-state index contributed by atoms with van der Waals surface area (Å²) in [5.41, 5.74) is 0. The van der Waals surface area contributed by atoms with E-state index in [4.69, 9.17) is 0 Å². The maximum absolute atomic E-state index is 3.67. The molecule has 2 unspecified atom stereocenters. The average Bonchev–Trinajstić information content (AvgIpc) is 2.80. The molecule has 1 aliphatic rings. The van der Waals surface area contributed by atoms with Gasteiger partial charge in [0.1, 0.15) is 0 Å². The Morgan fingerprint density at radius 3 is 3.19 bits per heavy atom. The van der Waals surface area contributed by atoms with E-state index in [1.807, 2.05) is 11.3 Å². The maximum Gasteiger partial charge on any atom is 0.0601 e. The fraction of sp³-hybridized carbons (Fsp3) is 0.692. The molecule has 1 aliphatic carbocycles. The molecule has 1 nitrogen and oxygen atoms in total. The molecule has 1 aromatic heterocycles. The molecule has 90 valence electrons. The highest BCUT2D eigenvalue weighted by Gasteiger charge is 2.22. The number of hydrogen-bond acceptors (Lipinski definition) is 3. The summed E-state index contributed by atoms with van der Waals surface area (Å²) in [6.45, 7) is 3.43. The Morgan fingerprint density at radius 1 is 1.50 bits per heavy atom. The van der Waals surface area contributed by atoms with Gasteiger partial charge in [-0.1, -0.05) is 19.4 Å². The first-order valence-electron chi connectivity index (χ1n) is 6.32. The summed E-state index contributed by atoms with van der Waals surface area (Å²) in [6, 6.07) is 5.17. The van der Waals surface area contributed by atoms with Crippen molar-refractivity contribution >= 4 is 23.1 Å². The van der Waals surface area contributed by atoms with Crippen LogP contribution in [0.1, 0.15) is 39.0 Å². The molecule has 0 spiro atoms. The van der Waals surface area contributed by atoms with E-state index in [2.05, 4.69) is 41.5 Å². The van der Waals surface area contributed by atoms with Crippen molar-refractivity contribution in [2.24, 2.45) is 0 Å². The predicted molar refractivity (Wildman–Crippen MR) is 74.5 cm³/mol. The van der Waals surface area contributed by atoms with Gasteiger partial charge in [-0.25, -0.2) is 0 Å². The zero-order valence-corrected chi connectivity index (χ0v) is 11.6. The van der Waals surface area contributed by atoms with Crippen LogP contribution in [0.3, 0.4) is 0 Å². The normalized spacial score (nSPS) is 25.8. The van der Waals surface area contributed by atoms with Crippen molar-refractivity contribution in [1.82, 2.24) is 5.32 Å². The van der Waals surface area contributed by atoms with E-state index in [-0.39, 0.29) is 0 Å². The molecular formula is C13H21NS2. The van der Waals surface area contributed by atoms with E-state index in [1.165, 1.54) is 42.9 Å². The molecule has 3 heteroatoms. The van der Waals surface area contributed by atoms with E-state index < -0.39 is 0 Å². The minimum absolute atomic E-state index is 0.770. The van der Waals surface area contributed by atoms with Gasteiger partial charge < -0.3 is 5.32 Å². The summed E-state index contributed by atoms with van der Waals surface area (Å²) in [7, 11) is 0. The van der Waals surface area contributed by atoms with Crippen molar-refractivity contribution in [3.8, 4) is 0 Å². The van der Waals surface area contributed by atoms with E-state index in [0.717, 1.165) is 11.3 Å². The van der Waals surface area contributed by atoms with Crippen molar-refractivity contribution in [3.63, 3.8) is 0 Å². The first-order chi connectivity index (χ1) is 7.88. The zero-order valence-electron chi connectivity index (χ0n) is 9.95. The molecule has 0 radical (unpaired) electrons. The summed E-state index contributed by atoms with van der Waals surface area (Å²) >= 11 is 3.97. The molecule has 1 N–H and O–H groups in total. The number of thiophene rings is 1. The number of nitrogens with one attached hydrogen (secondary N) is 1. The van der Waals surface area contributed by atoms with Gasteiger partial charge in [-0.2, -0.15) is 0 Å². The standard InChI is InChI=1S/C13H21NS2/c1-2-8-14-11-5-3-6-12(10-11)16-13-7-4-9-15-13/h4,7,9,11-12,14H,2-3,5-6,8,10H2,1H3. The molecule has 16 heavy (non-hydrogen) atoms. The van der Waals surface area contributed by atoms with E-state index in [0.29, 0.717) is 0 Å². The first-order valence-corrected chi connectivity index (χ1v) is 8.08. The average molecular weight is 255 g/mol. The van der Waals surface area contributed by atoms with Gasteiger partial charge in [0.15, 0.2) is 0 Å². The highest BCUT2D eigenvalue weighted by Crippen LogP contribution is 2.35. The zero-order chi connectivity index (χ0) is 11.2. The lowest BCUT2D eigenvalue weighted by Crippen LogP contribution is -2.35. The fourth-order valence-corrected chi connectivity index (χ4v) is 4.62. The second-order valence-electron chi connectivity index (χ2n) is 4.49. The lowest BCUT2D eigenvalue weighted by atomic mass is 9.95. The van der Waals surface area contributed by atoms with Crippen molar-refractivity contribution < 1.29 is 0 Å². The summed E-state index contributed by atoms with van der Waals surface area (Å²) < 4.78 is 1.49. The Morgan fingerprint density at radius 2 is 2.44 bits per heavy atom. The topological polar surface area (TPSA) is 12.0 Å². The third-order valence-electron chi connectivity index (χ3n) is 3.09. The van der Waals surface area contributed by atoms with Crippen molar-refractivity contribution in [2.45, 2.75) is 54.5 Å². The Balaban J connectivity index is 1.77. The molecule has 0 saturated heterocycles. The van der Waals surface area contributed by atoms with Crippen LogP contribution in [0.5, 0.6) is 0 Å². The Bertz CT molecular complexity index is 284. The molecule has 1 aromatic rings. The molecule has 0 aromatic carbocycles. The van der Waals surface area contributed by atoms with E-state index in [9.17, 15) is 0 Å². The quantitative estimate of drug-likeness (QED) is 0.848. The molecule has 1 fully saturated rings. The molecule has 0 bridgehead atoms. The molecule has 1 saturated carbocycles. The van der Waals surface area contributed by atoms with Gasteiger partial charge in [-0.05, 0) is 43.7 Å². The van der Waals surface area contributed by atoms with E-state index >= 15 is 0 Å². The minimum Gasteiger partial charge on any atom is -0.314 e. The minimum atomic E-state index is 0.770. The molecule has 2 rings (SSSR count). The third-order valence-corrected chi connectivity index (χ3v) is 5.46. The largest absolute Gasteiger partial charge is 0.314 e. The first kappa shape index (κ1) is 12.5. The highest BCUT2D eigenvalue weighted by atomic mass is 32.2. The maximum atomic E-state index is 3.67. The smallest absolute Gasteiger partial charge is 0.0601 e. The molecule has 0 amide bonds.